The van der Waals surface area contributed by atoms with Crippen LogP contribution in [0.2, 0.25) is 5.02 Å². The molecule has 0 aliphatic heterocycles. The Bertz CT molecular complexity index is 1400. The number of aliphatic carboxylic acids is 1. The van der Waals surface area contributed by atoms with Crippen LogP contribution in [0.4, 0.5) is 4.39 Å². The van der Waals surface area contributed by atoms with Gasteiger partial charge in [0, 0.05) is 46.2 Å². The monoisotopic (exact) mass is 504 g/mol. The molecule has 36 heavy (non-hydrogen) atoms. The third-order valence-electron chi connectivity index (χ3n) is 5.44. The van der Waals surface area contributed by atoms with E-state index in [0.29, 0.717) is 29.1 Å². The second-order valence-electron chi connectivity index (χ2n) is 7.93. The summed E-state index contributed by atoms with van der Waals surface area (Å²) in [6.07, 6.45) is 3.98. The van der Waals surface area contributed by atoms with Gasteiger partial charge in [0.05, 0.1) is 0 Å². The van der Waals surface area contributed by atoms with Gasteiger partial charge in [-0.15, -0.1) is 0 Å². The molecule has 0 radical (unpaired) electrons. The lowest BCUT2D eigenvalue weighted by Crippen LogP contribution is -2.26. The topological polar surface area (TPSA) is 88.5 Å². The fraction of sp³-hybridized carbons (Fsp3) is 0.107. The van der Waals surface area contributed by atoms with Crippen LogP contribution in [-0.4, -0.2) is 35.1 Å². The smallest absolute Gasteiger partial charge is 0.341 e. The van der Waals surface area contributed by atoms with E-state index in [9.17, 15) is 19.1 Å². The van der Waals surface area contributed by atoms with Crippen LogP contribution in [0.3, 0.4) is 0 Å². The molecule has 0 saturated carbocycles. The maximum absolute atomic E-state index is 14.9. The number of hydrogen-bond donors (Lipinski definition) is 2. The van der Waals surface area contributed by atoms with Crippen LogP contribution < -0.4 is 10.1 Å². The lowest BCUT2D eigenvalue weighted by atomic mass is 9.93. The minimum atomic E-state index is -1.19. The summed E-state index contributed by atoms with van der Waals surface area (Å²) in [5, 5.41) is 12.6. The van der Waals surface area contributed by atoms with Crippen LogP contribution in [0.1, 0.15) is 15.9 Å². The maximum Gasteiger partial charge on any atom is 0.341 e. The molecule has 0 saturated heterocycles. The first kappa shape index (κ1) is 24.9. The molecule has 8 heteroatoms. The lowest BCUT2D eigenvalue weighted by molar-refractivity contribution is -0.139. The number of nitrogens with one attached hydrogen (secondary N) is 1. The fourth-order valence-electron chi connectivity index (χ4n) is 3.77. The summed E-state index contributed by atoms with van der Waals surface area (Å²) >= 11 is 6.21. The van der Waals surface area contributed by atoms with Crippen molar-refractivity contribution in [2.75, 3.05) is 13.2 Å². The number of aromatic nitrogens is 1. The highest BCUT2D eigenvalue weighted by atomic mass is 35.5. The lowest BCUT2D eigenvalue weighted by Gasteiger charge is -2.18. The summed E-state index contributed by atoms with van der Waals surface area (Å²) in [5.41, 5.74) is 2.72. The highest BCUT2D eigenvalue weighted by Crippen LogP contribution is 2.41. The molecule has 0 atom stereocenters. The van der Waals surface area contributed by atoms with E-state index in [4.69, 9.17) is 16.3 Å². The third-order valence-corrected chi connectivity index (χ3v) is 5.67. The van der Waals surface area contributed by atoms with Gasteiger partial charge >= 0.3 is 5.97 Å². The van der Waals surface area contributed by atoms with E-state index in [1.807, 2.05) is 12.1 Å². The predicted octanol–water partition coefficient (Wildman–Crippen LogP) is 5.64. The minimum Gasteiger partial charge on any atom is -0.481 e. The normalized spacial score (nSPS) is 10.6. The quantitative estimate of drug-likeness (QED) is 0.308. The molecule has 4 rings (SSSR count). The van der Waals surface area contributed by atoms with E-state index in [-0.39, 0.29) is 28.3 Å². The van der Waals surface area contributed by atoms with Crippen LogP contribution in [0.15, 0.2) is 85.2 Å². The number of hydrogen-bond acceptors (Lipinski definition) is 4. The number of nitrogens with zero attached hydrogens (tertiary/aromatic N) is 1. The van der Waals surface area contributed by atoms with Gasteiger partial charge in [0.15, 0.2) is 6.61 Å². The number of halogens is 2. The Hall–Kier alpha value is -4.23. The van der Waals surface area contributed by atoms with E-state index in [2.05, 4.69) is 10.3 Å². The van der Waals surface area contributed by atoms with Crippen molar-refractivity contribution in [3.8, 4) is 28.0 Å². The zero-order chi connectivity index (χ0) is 25.5. The molecule has 1 aromatic heterocycles. The molecule has 4 aromatic rings. The molecule has 0 fully saturated rings. The molecule has 0 bridgehead atoms. The first-order valence-corrected chi connectivity index (χ1v) is 11.5. The van der Waals surface area contributed by atoms with Crippen LogP contribution in [0.25, 0.3) is 22.3 Å². The summed E-state index contributed by atoms with van der Waals surface area (Å²) in [4.78, 5) is 28.4. The van der Waals surface area contributed by atoms with Crippen molar-refractivity contribution >= 4 is 23.5 Å². The number of rotatable bonds is 9. The number of carboxylic acid groups (broad SMARTS) is 1. The van der Waals surface area contributed by atoms with Crippen molar-refractivity contribution in [2.45, 2.75) is 6.42 Å². The van der Waals surface area contributed by atoms with E-state index in [1.54, 1.807) is 60.9 Å². The Morgan fingerprint density at radius 2 is 1.69 bits per heavy atom. The van der Waals surface area contributed by atoms with Gasteiger partial charge in [-0.05, 0) is 60.0 Å². The molecule has 1 amide bonds. The summed E-state index contributed by atoms with van der Waals surface area (Å²) in [7, 11) is 0. The van der Waals surface area contributed by atoms with Crippen molar-refractivity contribution in [1.29, 1.82) is 0 Å². The number of carboxylic acids is 1. The maximum atomic E-state index is 14.9. The first-order chi connectivity index (χ1) is 17.4. The van der Waals surface area contributed by atoms with Crippen molar-refractivity contribution in [3.63, 3.8) is 0 Å². The van der Waals surface area contributed by atoms with Crippen molar-refractivity contribution in [2.24, 2.45) is 0 Å². The van der Waals surface area contributed by atoms with Crippen LogP contribution in [0, 0.1) is 5.82 Å². The summed E-state index contributed by atoms with van der Waals surface area (Å²) in [6.45, 7) is -0.270. The molecule has 182 valence electrons. The molecule has 0 aliphatic carbocycles. The second kappa shape index (κ2) is 11.5. The zero-order valence-electron chi connectivity index (χ0n) is 19.1. The molecular weight excluding hydrogens is 483 g/mol. The van der Waals surface area contributed by atoms with Gasteiger partial charge in [-0.1, -0.05) is 41.9 Å². The second-order valence-corrected chi connectivity index (χ2v) is 8.37. The summed E-state index contributed by atoms with van der Waals surface area (Å²) in [5.74, 6) is -1.96. The molecule has 3 aromatic carbocycles. The van der Waals surface area contributed by atoms with E-state index >= 15 is 0 Å². The highest BCUT2D eigenvalue weighted by molar-refractivity contribution is 6.30. The van der Waals surface area contributed by atoms with Gasteiger partial charge in [0.25, 0.3) is 5.91 Å². The molecule has 1 heterocycles. The number of pyridine rings is 1. The van der Waals surface area contributed by atoms with Crippen molar-refractivity contribution in [3.05, 3.63) is 107 Å². The number of benzene rings is 3. The van der Waals surface area contributed by atoms with Gasteiger partial charge in [-0.25, -0.2) is 9.18 Å². The van der Waals surface area contributed by atoms with Crippen LogP contribution in [-0.2, 0) is 11.2 Å². The first-order valence-electron chi connectivity index (χ1n) is 11.1. The summed E-state index contributed by atoms with van der Waals surface area (Å²) in [6, 6.07) is 19.7. The number of carbonyl (C=O) groups excluding carboxylic acids is 1. The standard InChI is InChI=1S/C28H22ClFN2O4/c29-21-5-3-4-19(14-21)23-15-20(28(35)32-13-10-18-8-11-31-12-9-18)16-24(27(23)36-17-26(33)34)22-6-1-2-7-25(22)30/h1-9,11-12,14-16H,10,13,17H2,(H,32,35)(H,33,34). The van der Waals surface area contributed by atoms with E-state index in [1.165, 1.54) is 12.1 Å². The van der Waals surface area contributed by atoms with Gasteiger partial charge in [-0.2, -0.15) is 0 Å². The molecule has 0 spiro atoms. The van der Waals surface area contributed by atoms with Crippen LogP contribution >= 0.6 is 11.6 Å². The Labute approximate surface area is 212 Å². The Morgan fingerprint density at radius 1 is 0.944 bits per heavy atom. The van der Waals surface area contributed by atoms with Gasteiger partial charge < -0.3 is 15.2 Å². The largest absolute Gasteiger partial charge is 0.481 e. The molecule has 6 nitrogen and oxygen atoms in total. The van der Waals surface area contributed by atoms with E-state index < -0.39 is 18.4 Å². The van der Waals surface area contributed by atoms with Crippen molar-refractivity contribution < 1.29 is 23.8 Å². The highest BCUT2D eigenvalue weighted by Gasteiger charge is 2.21. The predicted molar refractivity (Wildman–Crippen MR) is 136 cm³/mol. The average molecular weight is 505 g/mol. The minimum absolute atomic E-state index is 0.137. The SMILES string of the molecule is O=C(O)COc1c(-c2cccc(Cl)c2)cc(C(=O)NCCc2ccncc2)cc1-c1ccccc1F. The molecule has 2 N–H and O–H groups in total. The zero-order valence-corrected chi connectivity index (χ0v) is 19.8. The molecule has 0 unspecified atom stereocenters. The molecule has 0 aliphatic rings. The number of ether oxygens (including phenoxy) is 1. The van der Waals surface area contributed by atoms with Crippen LogP contribution in [0.5, 0.6) is 5.75 Å². The van der Waals surface area contributed by atoms with Gasteiger partial charge in [0.2, 0.25) is 0 Å². The van der Waals surface area contributed by atoms with Crippen molar-refractivity contribution in [1.82, 2.24) is 10.3 Å². The average Bonchev–Trinajstić information content (AvgIpc) is 2.88. The number of carbonyl (C=O) groups is 2. The Kier molecular flexibility index (Phi) is 7.92. The Morgan fingerprint density at radius 3 is 2.42 bits per heavy atom. The fourth-order valence-corrected chi connectivity index (χ4v) is 3.96. The number of amides is 1. The summed E-state index contributed by atoms with van der Waals surface area (Å²) < 4.78 is 20.5. The third kappa shape index (κ3) is 6.06. The van der Waals surface area contributed by atoms with E-state index in [0.717, 1.165) is 5.56 Å². The van der Waals surface area contributed by atoms with Gasteiger partial charge in [-0.3, -0.25) is 9.78 Å². The molecular formula is C28H22ClFN2O4. The van der Waals surface area contributed by atoms with Gasteiger partial charge in [0.1, 0.15) is 11.6 Å². The Balaban J connectivity index is 1.79.